The van der Waals surface area contributed by atoms with E-state index < -0.39 is 48.1 Å². The van der Waals surface area contributed by atoms with Gasteiger partial charge in [0.1, 0.15) is 10.6 Å². The zero-order valence-corrected chi connectivity index (χ0v) is 13.5. The number of sulfone groups is 1. The van der Waals surface area contributed by atoms with Gasteiger partial charge in [-0.2, -0.15) is 0 Å². The van der Waals surface area contributed by atoms with Crippen molar-refractivity contribution in [1.82, 2.24) is 0 Å². The van der Waals surface area contributed by atoms with Gasteiger partial charge in [0, 0.05) is 4.90 Å². The van der Waals surface area contributed by atoms with Gasteiger partial charge in [0.2, 0.25) is 0 Å². The van der Waals surface area contributed by atoms with Crippen molar-refractivity contribution in [2.75, 3.05) is 0 Å². The third kappa shape index (κ3) is 4.45. The van der Waals surface area contributed by atoms with Crippen LogP contribution >= 0.6 is 0 Å². The van der Waals surface area contributed by atoms with E-state index in [1.165, 1.54) is 0 Å². The zero-order valence-electron chi connectivity index (χ0n) is 11.8. The number of benzene rings is 1. The molecule has 0 saturated heterocycles. The third-order valence-corrected chi connectivity index (χ3v) is 6.57. The lowest BCUT2D eigenvalue weighted by Gasteiger charge is -2.23. The molecule has 0 aliphatic heterocycles. The summed E-state index contributed by atoms with van der Waals surface area (Å²) in [6, 6.07) is 2.38. The first-order valence-electron chi connectivity index (χ1n) is 6.84. The van der Waals surface area contributed by atoms with Crippen LogP contribution in [0.15, 0.2) is 28.0 Å². The lowest BCUT2D eigenvalue weighted by atomic mass is 10.0. The Morgan fingerprint density at radius 1 is 1.17 bits per heavy atom. The first-order chi connectivity index (χ1) is 10.6. The summed E-state index contributed by atoms with van der Waals surface area (Å²) in [6.45, 7) is 0. The zero-order chi connectivity index (χ0) is 17.3. The minimum atomic E-state index is -5.13. The van der Waals surface area contributed by atoms with Crippen molar-refractivity contribution < 1.29 is 35.1 Å². The summed E-state index contributed by atoms with van der Waals surface area (Å²) in [5, 5.41) is -0.782. The SMILES string of the molecule is O=S([O-])c1ccc(S(=O)(=O)C2CCCCC2)c(OC(F)(F)F)c1. The molecule has 1 aromatic rings. The second-order valence-electron chi connectivity index (χ2n) is 5.20. The van der Waals surface area contributed by atoms with Crippen LogP contribution in [-0.4, -0.2) is 28.8 Å². The first-order valence-corrected chi connectivity index (χ1v) is 9.46. The number of ether oxygens (including phenoxy) is 1. The van der Waals surface area contributed by atoms with Crippen LogP contribution in [-0.2, 0) is 20.9 Å². The number of halogens is 3. The normalized spacial score (nSPS) is 18.6. The van der Waals surface area contributed by atoms with Crippen LogP contribution in [0.3, 0.4) is 0 Å². The highest BCUT2D eigenvalue weighted by Gasteiger charge is 2.37. The van der Waals surface area contributed by atoms with E-state index in [9.17, 15) is 30.4 Å². The van der Waals surface area contributed by atoms with Gasteiger partial charge in [0.05, 0.1) is 5.25 Å². The molecule has 1 unspecified atom stereocenters. The van der Waals surface area contributed by atoms with Crippen molar-refractivity contribution >= 4 is 20.9 Å². The van der Waals surface area contributed by atoms with Crippen molar-refractivity contribution in [2.45, 2.75) is 53.5 Å². The van der Waals surface area contributed by atoms with Gasteiger partial charge in [-0.25, -0.2) is 8.42 Å². The molecule has 2 rings (SSSR count). The lowest BCUT2D eigenvalue weighted by molar-refractivity contribution is -0.275. The van der Waals surface area contributed by atoms with Crippen LogP contribution in [0.1, 0.15) is 32.1 Å². The largest absolute Gasteiger partial charge is 0.768 e. The van der Waals surface area contributed by atoms with Crippen molar-refractivity contribution in [3.8, 4) is 5.75 Å². The van der Waals surface area contributed by atoms with Gasteiger partial charge >= 0.3 is 6.36 Å². The Bertz CT molecular complexity index is 694. The van der Waals surface area contributed by atoms with Crippen LogP contribution < -0.4 is 4.74 Å². The summed E-state index contributed by atoms with van der Waals surface area (Å²) >= 11 is -2.80. The minimum absolute atomic E-state index is 0.364. The van der Waals surface area contributed by atoms with Gasteiger partial charge in [0.15, 0.2) is 9.84 Å². The molecule has 10 heteroatoms. The molecule has 0 spiro atoms. The quantitative estimate of drug-likeness (QED) is 0.760. The van der Waals surface area contributed by atoms with E-state index in [2.05, 4.69) is 4.74 Å². The molecule has 1 aromatic carbocycles. The van der Waals surface area contributed by atoms with E-state index in [0.29, 0.717) is 31.7 Å². The predicted molar refractivity (Wildman–Crippen MR) is 74.4 cm³/mol. The molecule has 5 nitrogen and oxygen atoms in total. The molecule has 1 aliphatic rings. The highest BCUT2D eigenvalue weighted by atomic mass is 32.2. The Hall–Kier alpha value is -1.13. The molecule has 130 valence electrons. The molecule has 23 heavy (non-hydrogen) atoms. The van der Waals surface area contributed by atoms with E-state index in [-0.39, 0.29) is 0 Å². The minimum Gasteiger partial charge on any atom is -0.768 e. The van der Waals surface area contributed by atoms with Crippen molar-refractivity contribution in [3.05, 3.63) is 18.2 Å². The summed E-state index contributed by atoms with van der Waals surface area (Å²) < 4.78 is 88.2. The van der Waals surface area contributed by atoms with Crippen LogP contribution in [0.25, 0.3) is 0 Å². The monoisotopic (exact) mass is 371 g/mol. The Morgan fingerprint density at radius 2 is 1.78 bits per heavy atom. The number of alkyl halides is 3. The summed E-state index contributed by atoms with van der Waals surface area (Å²) in [5.74, 6) is -1.01. The molecule has 0 heterocycles. The molecule has 1 saturated carbocycles. The second kappa shape index (κ2) is 6.78. The maximum absolute atomic E-state index is 12.6. The summed E-state index contributed by atoms with van der Waals surface area (Å²) in [5.41, 5.74) is 0. The van der Waals surface area contributed by atoms with Crippen molar-refractivity contribution in [1.29, 1.82) is 0 Å². The predicted octanol–water partition coefficient (Wildman–Crippen LogP) is 2.93. The highest BCUT2D eigenvalue weighted by molar-refractivity contribution is 7.92. The molecule has 0 bridgehead atoms. The Balaban J connectivity index is 2.49. The molecule has 0 aromatic heterocycles. The average Bonchev–Trinajstić information content (AvgIpc) is 2.46. The standard InChI is InChI=1S/C13H15F3O5S2/c14-13(15,16)21-11-8-9(22(17)18)6-7-12(11)23(19,20)10-4-2-1-3-5-10/h6-8,10H,1-5H2,(H,17,18)/p-1. The van der Waals surface area contributed by atoms with Gasteiger partial charge in [-0.15, -0.1) is 13.2 Å². The van der Waals surface area contributed by atoms with E-state index in [1.807, 2.05) is 0 Å². The molecule has 1 atom stereocenters. The van der Waals surface area contributed by atoms with E-state index in [4.69, 9.17) is 0 Å². The number of hydrogen-bond donors (Lipinski definition) is 0. The fraction of sp³-hybridized carbons (Fsp3) is 0.538. The Morgan fingerprint density at radius 3 is 2.30 bits per heavy atom. The van der Waals surface area contributed by atoms with Gasteiger partial charge in [-0.1, -0.05) is 19.3 Å². The smallest absolute Gasteiger partial charge is 0.573 e. The fourth-order valence-corrected chi connectivity index (χ4v) is 4.92. The van der Waals surface area contributed by atoms with E-state index in [0.717, 1.165) is 18.6 Å². The van der Waals surface area contributed by atoms with Crippen molar-refractivity contribution in [3.63, 3.8) is 0 Å². The van der Waals surface area contributed by atoms with Crippen LogP contribution in [0, 0.1) is 0 Å². The van der Waals surface area contributed by atoms with E-state index >= 15 is 0 Å². The summed E-state index contributed by atoms with van der Waals surface area (Å²) in [6.07, 6.45) is -2.15. The molecule has 1 aliphatic carbocycles. The summed E-state index contributed by atoms with van der Waals surface area (Å²) in [4.78, 5) is -1.11. The van der Waals surface area contributed by atoms with Gasteiger partial charge in [-0.05, 0) is 42.1 Å². The van der Waals surface area contributed by atoms with Crippen LogP contribution in [0.5, 0.6) is 5.75 Å². The maximum atomic E-state index is 12.6. The number of hydrogen-bond acceptors (Lipinski definition) is 5. The summed E-state index contributed by atoms with van der Waals surface area (Å²) in [7, 11) is -4.03. The van der Waals surface area contributed by atoms with Gasteiger partial charge in [0.25, 0.3) is 0 Å². The molecule has 1 fully saturated rings. The van der Waals surface area contributed by atoms with Gasteiger partial charge < -0.3 is 9.29 Å². The van der Waals surface area contributed by atoms with Crippen LogP contribution in [0.2, 0.25) is 0 Å². The molecule has 0 amide bonds. The molecular weight excluding hydrogens is 357 g/mol. The van der Waals surface area contributed by atoms with Gasteiger partial charge in [-0.3, -0.25) is 4.21 Å². The lowest BCUT2D eigenvalue weighted by Crippen LogP contribution is -2.26. The molecular formula is C13H14F3O5S2-. The Labute approximate surface area is 134 Å². The highest BCUT2D eigenvalue weighted by Crippen LogP contribution is 2.36. The molecule has 0 radical (unpaired) electrons. The van der Waals surface area contributed by atoms with Crippen LogP contribution in [0.4, 0.5) is 13.2 Å². The van der Waals surface area contributed by atoms with E-state index in [1.54, 1.807) is 0 Å². The first kappa shape index (κ1) is 18.2. The van der Waals surface area contributed by atoms with Crippen molar-refractivity contribution in [2.24, 2.45) is 0 Å². The Kier molecular flexibility index (Phi) is 5.37. The second-order valence-corrected chi connectivity index (χ2v) is 8.33. The number of rotatable bonds is 4. The average molecular weight is 371 g/mol. The topological polar surface area (TPSA) is 83.5 Å². The fourth-order valence-electron chi connectivity index (χ4n) is 2.59. The molecule has 0 N–H and O–H groups in total. The third-order valence-electron chi connectivity index (χ3n) is 3.63. The maximum Gasteiger partial charge on any atom is 0.573 e.